The Hall–Kier alpha value is -3.47. The van der Waals surface area contributed by atoms with Crippen LogP contribution in [0.5, 0.6) is 0 Å². The van der Waals surface area contributed by atoms with Crippen molar-refractivity contribution in [2.24, 2.45) is 0 Å². The number of nitrogens with one attached hydrogen (secondary N) is 1. The Morgan fingerprint density at radius 3 is 2.71 bits per heavy atom. The fraction of sp³-hybridized carbons (Fsp3) is 0.458. The van der Waals surface area contributed by atoms with Gasteiger partial charge in [-0.15, -0.1) is 10.2 Å². The molecule has 0 spiro atoms. The normalized spacial score (nSPS) is 17.1. The Bertz CT molecular complexity index is 1270. The second-order valence-corrected chi connectivity index (χ2v) is 9.44. The van der Waals surface area contributed by atoms with E-state index in [4.69, 9.17) is 4.98 Å². The maximum atomic E-state index is 13.5. The number of pyridine rings is 2. The van der Waals surface area contributed by atoms with Crippen molar-refractivity contribution >= 4 is 17.5 Å². The second kappa shape index (κ2) is 8.63. The minimum absolute atomic E-state index is 0.150. The van der Waals surface area contributed by atoms with Gasteiger partial charge in [0.25, 0.3) is 11.8 Å². The first-order valence-electron chi connectivity index (χ1n) is 11.7. The molecule has 3 aromatic rings. The number of fused-ring (bicyclic) bond motifs is 1. The summed E-state index contributed by atoms with van der Waals surface area (Å²) in [4.78, 5) is 26.6. The van der Waals surface area contributed by atoms with Crippen LogP contribution >= 0.6 is 0 Å². The van der Waals surface area contributed by atoms with E-state index in [-0.39, 0.29) is 30.8 Å². The van der Waals surface area contributed by atoms with Crippen LogP contribution < -0.4 is 15.1 Å². The number of hydrogen-bond acceptors (Lipinski definition) is 7. The minimum atomic E-state index is -2.66. The van der Waals surface area contributed by atoms with Gasteiger partial charge in [-0.25, -0.2) is 18.7 Å². The fourth-order valence-electron chi connectivity index (χ4n) is 4.51. The maximum Gasteiger partial charge on any atom is 0.260 e. The average molecular weight is 483 g/mol. The highest BCUT2D eigenvalue weighted by molar-refractivity contribution is 6.10. The highest BCUT2D eigenvalue weighted by Crippen LogP contribution is 2.46. The molecule has 11 heteroatoms. The lowest BCUT2D eigenvalue weighted by Crippen LogP contribution is -2.37. The molecule has 0 aromatic carbocycles. The summed E-state index contributed by atoms with van der Waals surface area (Å²) in [6.07, 6.45) is 0.973. The van der Waals surface area contributed by atoms with Gasteiger partial charge >= 0.3 is 0 Å². The molecule has 1 aliphatic carbocycles. The van der Waals surface area contributed by atoms with Crippen LogP contribution in [0.15, 0.2) is 30.6 Å². The smallest absolute Gasteiger partial charge is 0.260 e. The number of alkyl halides is 2. The van der Waals surface area contributed by atoms with Crippen LogP contribution in [0.1, 0.15) is 54.3 Å². The quantitative estimate of drug-likeness (QED) is 0.552. The molecule has 35 heavy (non-hydrogen) atoms. The van der Waals surface area contributed by atoms with Gasteiger partial charge in [-0.1, -0.05) is 6.07 Å². The molecule has 3 aromatic heterocycles. The number of carbonyl (C=O) groups is 1. The van der Waals surface area contributed by atoms with Gasteiger partial charge in [0.05, 0.1) is 17.8 Å². The standard InChI is InChI=1S/C24H28F2N8O/c1-14(2)32(4)21-8-16-17(19(30-21)11-27-3)12-33(23(16)35)20-7-5-6-18(29-20)22-31-28-13-34(22)15-9-24(25,26)10-15/h5-8,13-15,27H,9-12H2,1-4H3. The zero-order chi connectivity index (χ0) is 24.9. The summed E-state index contributed by atoms with van der Waals surface area (Å²) < 4.78 is 28.5. The lowest BCUT2D eigenvalue weighted by atomic mass is 9.88. The lowest BCUT2D eigenvalue weighted by molar-refractivity contribution is -0.103. The number of rotatable bonds is 7. The van der Waals surface area contributed by atoms with E-state index >= 15 is 0 Å². The predicted molar refractivity (Wildman–Crippen MR) is 128 cm³/mol. The predicted octanol–water partition coefficient (Wildman–Crippen LogP) is 3.43. The van der Waals surface area contributed by atoms with Gasteiger partial charge in [-0.3, -0.25) is 9.69 Å². The molecule has 0 radical (unpaired) electrons. The molecule has 5 rings (SSSR count). The molecule has 184 valence electrons. The minimum Gasteiger partial charge on any atom is -0.357 e. The van der Waals surface area contributed by atoms with Crippen molar-refractivity contribution in [2.45, 2.75) is 57.8 Å². The third-order valence-electron chi connectivity index (χ3n) is 6.74. The Balaban J connectivity index is 1.47. The monoisotopic (exact) mass is 482 g/mol. The van der Waals surface area contributed by atoms with Crippen LogP contribution in [0.4, 0.5) is 20.4 Å². The second-order valence-electron chi connectivity index (χ2n) is 9.44. The van der Waals surface area contributed by atoms with Crippen molar-refractivity contribution in [1.82, 2.24) is 30.0 Å². The van der Waals surface area contributed by atoms with Crippen LogP contribution in [0.2, 0.25) is 0 Å². The van der Waals surface area contributed by atoms with E-state index in [0.717, 1.165) is 17.1 Å². The molecule has 4 heterocycles. The number of hydrogen-bond donors (Lipinski definition) is 1. The Labute approximate surface area is 202 Å². The van der Waals surface area contributed by atoms with Crippen molar-refractivity contribution in [3.63, 3.8) is 0 Å². The summed E-state index contributed by atoms with van der Waals surface area (Å²) in [6.45, 7) is 5.02. The topological polar surface area (TPSA) is 92.1 Å². The Morgan fingerprint density at radius 1 is 1.26 bits per heavy atom. The van der Waals surface area contributed by atoms with E-state index in [1.165, 1.54) is 6.33 Å². The van der Waals surface area contributed by atoms with E-state index < -0.39 is 5.92 Å². The van der Waals surface area contributed by atoms with Gasteiger partial charge in [0.15, 0.2) is 5.82 Å². The van der Waals surface area contributed by atoms with Gasteiger partial charge in [0.1, 0.15) is 23.7 Å². The molecule has 1 saturated carbocycles. The fourth-order valence-corrected chi connectivity index (χ4v) is 4.51. The number of carbonyl (C=O) groups excluding carboxylic acids is 1. The first-order valence-corrected chi connectivity index (χ1v) is 11.7. The van der Waals surface area contributed by atoms with E-state index in [1.54, 1.807) is 27.7 Å². The van der Waals surface area contributed by atoms with Gasteiger partial charge in [-0.05, 0) is 39.1 Å². The molecule has 0 saturated heterocycles. The zero-order valence-electron chi connectivity index (χ0n) is 20.2. The third kappa shape index (κ3) is 4.13. The molecule has 1 N–H and O–H groups in total. The van der Waals surface area contributed by atoms with Crippen LogP contribution in [0, 0.1) is 0 Å². The summed E-state index contributed by atoms with van der Waals surface area (Å²) in [5, 5.41) is 11.2. The molecule has 2 aliphatic rings. The molecule has 0 atom stereocenters. The largest absolute Gasteiger partial charge is 0.357 e. The van der Waals surface area contributed by atoms with Gasteiger partial charge in [0.2, 0.25) is 0 Å². The van der Waals surface area contributed by atoms with Crippen molar-refractivity contribution < 1.29 is 13.6 Å². The van der Waals surface area contributed by atoms with E-state index in [0.29, 0.717) is 36.0 Å². The molecule has 0 unspecified atom stereocenters. The first-order chi connectivity index (χ1) is 16.7. The SMILES string of the molecule is CNCc1nc(N(C)C(C)C)cc2c1CN(c1cccc(-c3nncn3C3CC(F)(F)C3)n1)C2=O. The molecule has 9 nitrogen and oxygen atoms in total. The van der Waals surface area contributed by atoms with Crippen LogP contribution in [0.3, 0.4) is 0 Å². The van der Waals surface area contributed by atoms with Crippen LogP contribution in [-0.4, -0.2) is 56.7 Å². The highest BCUT2D eigenvalue weighted by Gasteiger charge is 2.47. The van der Waals surface area contributed by atoms with Crippen molar-refractivity contribution in [3.8, 4) is 11.5 Å². The molecular weight excluding hydrogens is 454 g/mol. The van der Waals surface area contributed by atoms with Gasteiger partial charge in [-0.2, -0.15) is 0 Å². The van der Waals surface area contributed by atoms with Gasteiger partial charge < -0.3 is 14.8 Å². The number of anilines is 2. The number of nitrogens with zero attached hydrogens (tertiary/aromatic N) is 7. The number of halogens is 2. The molecule has 1 aliphatic heterocycles. The van der Waals surface area contributed by atoms with E-state index in [1.807, 2.05) is 25.1 Å². The summed E-state index contributed by atoms with van der Waals surface area (Å²) >= 11 is 0. The van der Waals surface area contributed by atoms with E-state index in [2.05, 4.69) is 34.3 Å². The first kappa shape index (κ1) is 23.3. The summed E-state index contributed by atoms with van der Waals surface area (Å²) in [5.74, 6) is -1.19. The van der Waals surface area contributed by atoms with Crippen LogP contribution in [0.25, 0.3) is 11.5 Å². The average Bonchev–Trinajstić information content (AvgIpc) is 3.42. The maximum absolute atomic E-state index is 13.5. The highest BCUT2D eigenvalue weighted by atomic mass is 19.3. The van der Waals surface area contributed by atoms with E-state index in [9.17, 15) is 13.6 Å². The lowest BCUT2D eigenvalue weighted by Gasteiger charge is -2.35. The Kier molecular flexibility index (Phi) is 5.74. The van der Waals surface area contributed by atoms with Gasteiger partial charge in [0, 0.05) is 44.1 Å². The van der Waals surface area contributed by atoms with Crippen molar-refractivity contribution in [1.29, 1.82) is 0 Å². The Morgan fingerprint density at radius 2 is 2.03 bits per heavy atom. The van der Waals surface area contributed by atoms with Crippen molar-refractivity contribution in [3.05, 3.63) is 47.4 Å². The zero-order valence-corrected chi connectivity index (χ0v) is 20.2. The van der Waals surface area contributed by atoms with Crippen LogP contribution in [-0.2, 0) is 13.1 Å². The summed E-state index contributed by atoms with van der Waals surface area (Å²) in [7, 11) is 3.81. The number of aromatic nitrogens is 5. The summed E-state index contributed by atoms with van der Waals surface area (Å²) in [6, 6.07) is 6.99. The molecule has 1 fully saturated rings. The third-order valence-corrected chi connectivity index (χ3v) is 6.74. The molecular formula is C24H28F2N8O. The molecule has 1 amide bonds. The number of amides is 1. The summed E-state index contributed by atoms with van der Waals surface area (Å²) in [5.41, 5.74) is 2.79. The van der Waals surface area contributed by atoms with Crippen molar-refractivity contribution in [2.75, 3.05) is 23.9 Å². The molecule has 0 bridgehead atoms.